The monoisotopic (exact) mass is 412 g/mol. The Morgan fingerprint density at radius 2 is 1.50 bits per heavy atom. The molecule has 0 heterocycles. The Labute approximate surface area is 165 Å². The molecule has 28 heavy (non-hydrogen) atoms. The van der Waals surface area contributed by atoms with Crippen LogP contribution in [0.2, 0.25) is 0 Å². The first-order chi connectivity index (χ1) is 13.5. The third-order valence-electron chi connectivity index (χ3n) is 3.65. The van der Waals surface area contributed by atoms with Crippen molar-refractivity contribution in [2.24, 2.45) is 5.73 Å². The lowest BCUT2D eigenvalue weighted by Gasteiger charge is -2.27. The summed E-state index contributed by atoms with van der Waals surface area (Å²) in [5.74, 6) is -0.420. The highest BCUT2D eigenvalue weighted by Gasteiger charge is 2.27. The van der Waals surface area contributed by atoms with E-state index in [1.165, 1.54) is 6.92 Å². The standard InChI is InChI=1S/C17H36N2O9/c1-13(22)16(12-21)28-15(14(23)11-20)10-17(24)19-3-5-26-7-9-27-8-6-25-4-2-18/h13-16,20-23H,2-12,18H2,1H3,(H,19,24)/t13-,14?,15+,16?/m0/s1. The summed E-state index contributed by atoms with van der Waals surface area (Å²) >= 11 is 0. The van der Waals surface area contributed by atoms with E-state index < -0.39 is 43.5 Å². The Hall–Kier alpha value is -0.890. The van der Waals surface area contributed by atoms with Gasteiger partial charge in [0, 0.05) is 13.1 Å². The maximum Gasteiger partial charge on any atom is 0.222 e. The molecule has 4 atom stereocenters. The van der Waals surface area contributed by atoms with Crippen LogP contribution in [0.5, 0.6) is 0 Å². The molecule has 0 saturated heterocycles. The largest absolute Gasteiger partial charge is 0.394 e. The predicted octanol–water partition coefficient (Wildman–Crippen LogP) is -3.02. The molecule has 7 N–H and O–H groups in total. The predicted molar refractivity (Wildman–Crippen MR) is 99.7 cm³/mol. The Balaban J connectivity index is 3.91. The van der Waals surface area contributed by atoms with Gasteiger partial charge in [0.15, 0.2) is 0 Å². The number of carbonyl (C=O) groups excluding carboxylic acids is 1. The summed E-state index contributed by atoms with van der Waals surface area (Å²) in [5.41, 5.74) is 5.28. The van der Waals surface area contributed by atoms with Gasteiger partial charge in [0.2, 0.25) is 5.91 Å². The second-order valence-corrected chi connectivity index (χ2v) is 6.07. The molecule has 0 rings (SSSR count). The second-order valence-electron chi connectivity index (χ2n) is 6.07. The van der Waals surface area contributed by atoms with E-state index in [1.54, 1.807) is 0 Å². The lowest BCUT2D eigenvalue weighted by molar-refractivity contribution is -0.148. The molecular formula is C17H36N2O9. The van der Waals surface area contributed by atoms with E-state index in [9.17, 15) is 20.1 Å². The Morgan fingerprint density at radius 3 is 2.00 bits per heavy atom. The number of hydrogen-bond acceptors (Lipinski definition) is 10. The second kappa shape index (κ2) is 18.2. The van der Waals surface area contributed by atoms with Crippen LogP contribution in [0.25, 0.3) is 0 Å². The van der Waals surface area contributed by atoms with Crippen LogP contribution in [0.1, 0.15) is 13.3 Å². The van der Waals surface area contributed by atoms with Crippen molar-refractivity contribution >= 4 is 5.91 Å². The van der Waals surface area contributed by atoms with Crippen LogP contribution < -0.4 is 11.1 Å². The third-order valence-corrected chi connectivity index (χ3v) is 3.65. The van der Waals surface area contributed by atoms with Crippen LogP contribution in [0.15, 0.2) is 0 Å². The zero-order valence-corrected chi connectivity index (χ0v) is 16.5. The SMILES string of the molecule is C[C@H](O)C(CO)O[C@H](CC(=O)NCCOCCOCCOCCN)C(O)CO. The molecule has 11 nitrogen and oxygen atoms in total. The average Bonchev–Trinajstić information content (AvgIpc) is 2.68. The van der Waals surface area contributed by atoms with E-state index in [2.05, 4.69) is 5.32 Å². The number of aliphatic hydroxyl groups excluding tert-OH is 4. The molecule has 2 unspecified atom stereocenters. The van der Waals surface area contributed by atoms with Gasteiger partial charge in [-0.05, 0) is 6.92 Å². The Bertz CT molecular complexity index is 375. The van der Waals surface area contributed by atoms with Gasteiger partial charge in [0.05, 0.1) is 71.5 Å². The lowest BCUT2D eigenvalue weighted by Crippen LogP contribution is -2.43. The number of amides is 1. The summed E-state index contributed by atoms with van der Waals surface area (Å²) in [6.45, 7) is 3.52. The van der Waals surface area contributed by atoms with Crippen LogP contribution in [-0.2, 0) is 23.7 Å². The molecule has 0 fully saturated rings. The Kier molecular flexibility index (Phi) is 17.6. The fourth-order valence-corrected chi connectivity index (χ4v) is 2.07. The van der Waals surface area contributed by atoms with Gasteiger partial charge in [-0.3, -0.25) is 4.79 Å². The number of carbonyl (C=O) groups is 1. The molecule has 0 aliphatic carbocycles. The van der Waals surface area contributed by atoms with Crippen LogP contribution in [0.4, 0.5) is 0 Å². The van der Waals surface area contributed by atoms with Crippen molar-refractivity contribution in [3.05, 3.63) is 0 Å². The summed E-state index contributed by atoms with van der Waals surface area (Å²) in [6, 6.07) is 0. The van der Waals surface area contributed by atoms with Gasteiger partial charge in [-0.2, -0.15) is 0 Å². The number of aliphatic hydroxyl groups is 4. The van der Waals surface area contributed by atoms with Gasteiger partial charge in [-0.25, -0.2) is 0 Å². The van der Waals surface area contributed by atoms with Crippen molar-refractivity contribution in [2.75, 3.05) is 65.9 Å². The molecule has 0 radical (unpaired) electrons. The maximum absolute atomic E-state index is 12.0. The maximum atomic E-state index is 12.0. The van der Waals surface area contributed by atoms with E-state index in [4.69, 9.17) is 29.8 Å². The van der Waals surface area contributed by atoms with Gasteiger partial charge in [0.25, 0.3) is 0 Å². The quantitative estimate of drug-likeness (QED) is 0.120. The molecule has 0 aliphatic rings. The number of ether oxygens (including phenoxy) is 4. The minimum atomic E-state index is -1.32. The van der Waals surface area contributed by atoms with E-state index in [-0.39, 0.29) is 19.6 Å². The normalized spacial score (nSPS) is 15.8. The summed E-state index contributed by atoms with van der Waals surface area (Å²) in [7, 11) is 0. The zero-order valence-electron chi connectivity index (χ0n) is 16.5. The van der Waals surface area contributed by atoms with E-state index in [1.807, 2.05) is 0 Å². The van der Waals surface area contributed by atoms with Crippen LogP contribution in [-0.4, -0.2) is 117 Å². The molecule has 1 amide bonds. The highest BCUT2D eigenvalue weighted by molar-refractivity contribution is 5.76. The molecule has 168 valence electrons. The van der Waals surface area contributed by atoms with E-state index in [0.717, 1.165) is 0 Å². The van der Waals surface area contributed by atoms with Gasteiger partial charge < -0.3 is 50.4 Å². The summed E-state index contributed by atoms with van der Waals surface area (Å²) in [5, 5.41) is 40.2. The first-order valence-corrected chi connectivity index (χ1v) is 9.39. The number of nitrogens with two attached hydrogens (primary N) is 1. The molecular weight excluding hydrogens is 376 g/mol. The van der Waals surface area contributed by atoms with Gasteiger partial charge in [0.1, 0.15) is 12.2 Å². The zero-order chi connectivity index (χ0) is 21.2. The smallest absolute Gasteiger partial charge is 0.222 e. The van der Waals surface area contributed by atoms with Crippen LogP contribution in [0.3, 0.4) is 0 Å². The summed E-state index contributed by atoms with van der Waals surface area (Å²) < 4.78 is 21.1. The van der Waals surface area contributed by atoms with Crippen molar-refractivity contribution in [2.45, 2.75) is 37.8 Å². The van der Waals surface area contributed by atoms with Crippen LogP contribution >= 0.6 is 0 Å². The van der Waals surface area contributed by atoms with Crippen molar-refractivity contribution in [3.63, 3.8) is 0 Å². The third kappa shape index (κ3) is 14.2. The molecule has 0 aliphatic heterocycles. The minimum Gasteiger partial charge on any atom is -0.394 e. The first-order valence-electron chi connectivity index (χ1n) is 9.39. The summed E-state index contributed by atoms with van der Waals surface area (Å²) in [4.78, 5) is 12.0. The fraction of sp³-hybridized carbons (Fsp3) is 0.941. The number of hydrogen-bond donors (Lipinski definition) is 6. The van der Waals surface area contributed by atoms with Crippen molar-refractivity contribution in [3.8, 4) is 0 Å². The fourth-order valence-electron chi connectivity index (χ4n) is 2.07. The van der Waals surface area contributed by atoms with Crippen molar-refractivity contribution < 1.29 is 44.2 Å². The van der Waals surface area contributed by atoms with Crippen molar-refractivity contribution in [1.29, 1.82) is 0 Å². The molecule has 0 aromatic rings. The minimum absolute atomic E-state index is 0.239. The molecule has 0 spiro atoms. The van der Waals surface area contributed by atoms with E-state index in [0.29, 0.717) is 39.6 Å². The molecule has 0 aromatic carbocycles. The number of rotatable bonds is 19. The highest BCUT2D eigenvalue weighted by Crippen LogP contribution is 2.11. The first kappa shape index (κ1) is 27.1. The lowest BCUT2D eigenvalue weighted by atomic mass is 10.1. The van der Waals surface area contributed by atoms with Crippen LogP contribution in [0, 0.1) is 0 Å². The molecule has 0 bridgehead atoms. The highest BCUT2D eigenvalue weighted by atomic mass is 16.5. The Morgan fingerprint density at radius 1 is 0.929 bits per heavy atom. The molecule has 0 saturated carbocycles. The average molecular weight is 412 g/mol. The summed E-state index contributed by atoms with van der Waals surface area (Å²) in [6.07, 6.45) is -4.59. The van der Waals surface area contributed by atoms with Gasteiger partial charge >= 0.3 is 0 Å². The molecule has 11 heteroatoms. The molecule has 0 aromatic heterocycles. The number of nitrogens with one attached hydrogen (secondary N) is 1. The van der Waals surface area contributed by atoms with Gasteiger partial charge in [-0.15, -0.1) is 0 Å². The van der Waals surface area contributed by atoms with Gasteiger partial charge in [-0.1, -0.05) is 0 Å². The van der Waals surface area contributed by atoms with Crippen molar-refractivity contribution in [1.82, 2.24) is 5.32 Å². The van der Waals surface area contributed by atoms with E-state index >= 15 is 0 Å². The topological polar surface area (TPSA) is 173 Å².